The summed E-state index contributed by atoms with van der Waals surface area (Å²) in [6.45, 7) is 6.42. The minimum Gasteiger partial charge on any atom is -0.373 e. The predicted octanol–water partition coefficient (Wildman–Crippen LogP) is 1.45. The minimum atomic E-state index is -0.0173. The molecular formula is C15H23ClN2O2. The molecule has 0 spiro atoms. The van der Waals surface area contributed by atoms with Crippen LogP contribution < -0.4 is 5.73 Å². The Kier molecular flexibility index (Phi) is 6.46. The van der Waals surface area contributed by atoms with Crippen LogP contribution in [0.4, 0.5) is 0 Å². The molecule has 1 aromatic carbocycles. The highest BCUT2D eigenvalue weighted by Crippen LogP contribution is 2.14. The summed E-state index contributed by atoms with van der Waals surface area (Å²) >= 11 is 0. The van der Waals surface area contributed by atoms with Crippen LogP contribution in [0.1, 0.15) is 16.7 Å². The van der Waals surface area contributed by atoms with Gasteiger partial charge in [0.15, 0.2) is 0 Å². The van der Waals surface area contributed by atoms with Gasteiger partial charge in [0.2, 0.25) is 5.91 Å². The first-order valence-corrected chi connectivity index (χ1v) is 6.75. The second-order valence-electron chi connectivity index (χ2n) is 5.17. The van der Waals surface area contributed by atoms with Crippen LogP contribution in [-0.4, -0.2) is 43.2 Å². The van der Waals surface area contributed by atoms with E-state index >= 15 is 0 Å². The first-order valence-electron chi connectivity index (χ1n) is 6.75. The number of carbonyl (C=O) groups excluding carboxylic acids is 1. The second kappa shape index (κ2) is 7.62. The van der Waals surface area contributed by atoms with E-state index in [0.29, 0.717) is 32.7 Å². The summed E-state index contributed by atoms with van der Waals surface area (Å²) in [5.74, 6) is 0.162. The van der Waals surface area contributed by atoms with Gasteiger partial charge in [-0.15, -0.1) is 12.4 Å². The van der Waals surface area contributed by atoms with Crippen molar-refractivity contribution in [3.05, 3.63) is 34.9 Å². The van der Waals surface area contributed by atoms with Crippen molar-refractivity contribution in [1.82, 2.24) is 4.90 Å². The molecule has 4 nitrogen and oxygen atoms in total. The molecule has 0 bridgehead atoms. The minimum absolute atomic E-state index is 0. The molecule has 20 heavy (non-hydrogen) atoms. The zero-order chi connectivity index (χ0) is 13.8. The van der Waals surface area contributed by atoms with Crippen molar-refractivity contribution in [3.8, 4) is 0 Å². The summed E-state index contributed by atoms with van der Waals surface area (Å²) in [4.78, 5) is 14.2. The van der Waals surface area contributed by atoms with Crippen LogP contribution in [0.3, 0.4) is 0 Å². The highest BCUT2D eigenvalue weighted by atomic mass is 35.5. The summed E-state index contributed by atoms with van der Waals surface area (Å²) < 4.78 is 5.48. The van der Waals surface area contributed by atoms with Gasteiger partial charge in [-0.1, -0.05) is 23.8 Å². The third-order valence-corrected chi connectivity index (χ3v) is 3.60. The molecule has 1 amide bonds. The van der Waals surface area contributed by atoms with Gasteiger partial charge in [0, 0.05) is 19.6 Å². The highest BCUT2D eigenvalue weighted by Gasteiger charge is 2.23. The third-order valence-electron chi connectivity index (χ3n) is 3.60. The number of ether oxygens (including phenoxy) is 1. The molecule has 1 saturated heterocycles. The Morgan fingerprint density at radius 2 is 2.20 bits per heavy atom. The van der Waals surface area contributed by atoms with E-state index in [-0.39, 0.29) is 24.4 Å². The zero-order valence-electron chi connectivity index (χ0n) is 12.1. The van der Waals surface area contributed by atoms with Crippen molar-refractivity contribution in [3.63, 3.8) is 0 Å². The van der Waals surface area contributed by atoms with Crippen LogP contribution in [0.15, 0.2) is 18.2 Å². The second-order valence-corrected chi connectivity index (χ2v) is 5.17. The molecule has 1 heterocycles. The van der Waals surface area contributed by atoms with Crippen molar-refractivity contribution < 1.29 is 9.53 Å². The molecule has 2 N–H and O–H groups in total. The number of amides is 1. The van der Waals surface area contributed by atoms with Gasteiger partial charge < -0.3 is 15.4 Å². The average molecular weight is 299 g/mol. The van der Waals surface area contributed by atoms with Crippen LogP contribution in [0.2, 0.25) is 0 Å². The number of nitrogens with zero attached hydrogens (tertiary/aromatic N) is 1. The van der Waals surface area contributed by atoms with E-state index in [1.165, 1.54) is 11.1 Å². The Bertz CT molecular complexity index is 465. The maximum Gasteiger partial charge on any atom is 0.227 e. The zero-order valence-corrected chi connectivity index (χ0v) is 12.9. The van der Waals surface area contributed by atoms with Gasteiger partial charge in [-0.2, -0.15) is 0 Å². The Hall–Kier alpha value is -1.10. The van der Waals surface area contributed by atoms with E-state index in [1.807, 2.05) is 18.7 Å². The van der Waals surface area contributed by atoms with Gasteiger partial charge in [0.1, 0.15) is 0 Å². The fourth-order valence-corrected chi connectivity index (χ4v) is 2.35. The lowest BCUT2D eigenvalue weighted by atomic mass is 10.0. The van der Waals surface area contributed by atoms with E-state index in [1.54, 1.807) is 0 Å². The lowest BCUT2D eigenvalue weighted by molar-refractivity contribution is -0.137. The molecule has 2 rings (SSSR count). The van der Waals surface area contributed by atoms with Crippen LogP contribution in [0.25, 0.3) is 0 Å². The maximum absolute atomic E-state index is 12.3. The Labute approximate surface area is 126 Å². The fourth-order valence-electron chi connectivity index (χ4n) is 2.35. The quantitative estimate of drug-likeness (QED) is 0.919. The summed E-state index contributed by atoms with van der Waals surface area (Å²) in [6.07, 6.45) is 0.446. The largest absolute Gasteiger partial charge is 0.373 e. The van der Waals surface area contributed by atoms with Gasteiger partial charge in [0.25, 0.3) is 0 Å². The number of benzene rings is 1. The van der Waals surface area contributed by atoms with E-state index in [9.17, 15) is 4.79 Å². The molecule has 0 aliphatic carbocycles. The number of rotatable bonds is 3. The molecule has 1 atom stereocenters. The lowest BCUT2D eigenvalue weighted by Crippen LogP contribution is -2.48. The van der Waals surface area contributed by atoms with Crippen molar-refractivity contribution in [2.45, 2.75) is 26.4 Å². The molecule has 0 saturated carbocycles. The molecule has 1 unspecified atom stereocenters. The third kappa shape index (κ3) is 4.20. The van der Waals surface area contributed by atoms with Gasteiger partial charge in [-0.3, -0.25) is 4.79 Å². The molecular weight excluding hydrogens is 276 g/mol. The summed E-state index contributed by atoms with van der Waals surface area (Å²) in [5, 5.41) is 0. The van der Waals surface area contributed by atoms with Gasteiger partial charge in [-0.05, 0) is 25.0 Å². The molecule has 0 aromatic heterocycles. The fraction of sp³-hybridized carbons (Fsp3) is 0.533. The molecule has 1 fully saturated rings. The number of halogens is 1. The number of hydrogen-bond acceptors (Lipinski definition) is 3. The smallest absolute Gasteiger partial charge is 0.227 e. The summed E-state index contributed by atoms with van der Waals surface area (Å²) in [5.41, 5.74) is 9.07. The van der Waals surface area contributed by atoms with E-state index in [2.05, 4.69) is 18.2 Å². The normalized spacial score (nSPS) is 18.6. The number of hydrogen-bond donors (Lipinski definition) is 1. The van der Waals surface area contributed by atoms with Crippen molar-refractivity contribution >= 4 is 18.3 Å². The van der Waals surface area contributed by atoms with Crippen LogP contribution >= 0.6 is 12.4 Å². The average Bonchev–Trinajstić information content (AvgIpc) is 2.43. The van der Waals surface area contributed by atoms with Crippen molar-refractivity contribution in [2.75, 3.05) is 26.2 Å². The van der Waals surface area contributed by atoms with Crippen LogP contribution in [0, 0.1) is 13.8 Å². The van der Waals surface area contributed by atoms with E-state index in [0.717, 1.165) is 5.56 Å². The molecule has 0 radical (unpaired) electrons. The van der Waals surface area contributed by atoms with E-state index in [4.69, 9.17) is 10.5 Å². The summed E-state index contributed by atoms with van der Waals surface area (Å²) in [7, 11) is 0. The highest BCUT2D eigenvalue weighted by molar-refractivity contribution is 5.85. The summed E-state index contributed by atoms with van der Waals surface area (Å²) in [6, 6.07) is 6.23. The van der Waals surface area contributed by atoms with Gasteiger partial charge in [-0.25, -0.2) is 0 Å². The standard InChI is InChI=1S/C15H22N2O2.ClH/c1-11-3-4-12(2)13(7-11)8-15(18)17-5-6-19-14(9-16)10-17;/h3-4,7,14H,5-6,8-10,16H2,1-2H3;1H. The van der Waals surface area contributed by atoms with Crippen LogP contribution in [0.5, 0.6) is 0 Å². The lowest BCUT2D eigenvalue weighted by Gasteiger charge is -2.32. The molecule has 5 heteroatoms. The number of morpholine rings is 1. The van der Waals surface area contributed by atoms with Gasteiger partial charge in [0.05, 0.1) is 19.1 Å². The maximum atomic E-state index is 12.3. The van der Waals surface area contributed by atoms with E-state index < -0.39 is 0 Å². The topological polar surface area (TPSA) is 55.6 Å². The number of aryl methyl sites for hydroxylation is 2. The van der Waals surface area contributed by atoms with Crippen molar-refractivity contribution in [1.29, 1.82) is 0 Å². The SMILES string of the molecule is Cc1ccc(C)c(CC(=O)N2CCOC(CN)C2)c1.Cl. The Balaban J connectivity index is 0.00000200. The Morgan fingerprint density at radius 3 is 2.90 bits per heavy atom. The van der Waals surface area contributed by atoms with Gasteiger partial charge >= 0.3 is 0 Å². The molecule has 1 aromatic rings. The molecule has 1 aliphatic rings. The number of carbonyl (C=O) groups is 1. The first-order chi connectivity index (χ1) is 9.10. The number of nitrogens with two attached hydrogens (primary N) is 1. The molecule has 1 aliphatic heterocycles. The monoisotopic (exact) mass is 298 g/mol. The molecule has 112 valence electrons. The first kappa shape index (κ1) is 17.0. The van der Waals surface area contributed by atoms with Crippen LogP contribution in [-0.2, 0) is 16.0 Å². The predicted molar refractivity (Wildman–Crippen MR) is 82.2 cm³/mol. The Morgan fingerprint density at radius 1 is 1.45 bits per heavy atom. The van der Waals surface area contributed by atoms with Crippen molar-refractivity contribution in [2.24, 2.45) is 5.73 Å².